The third kappa shape index (κ3) is 2.47. The number of nitrogens with one attached hydrogen (secondary N) is 1. The Labute approximate surface area is 120 Å². The summed E-state index contributed by atoms with van der Waals surface area (Å²) in [7, 11) is 0. The minimum Gasteiger partial charge on any atom is -0.308 e. The lowest BCUT2D eigenvalue weighted by molar-refractivity contribution is 0.842. The van der Waals surface area contributed by atoms with Gasteiger partial charge in [0, 0.05) is 11.6 Å². The summed E-state index contributed by atoms with van der Waals surface area (Å²) < 4.78 is 1.57. The monoisotopic (exact) mass is 286 g/mol. The second kappa shape index (κ2) is 5.28. The van der Waals surface area contributed by atoms with E-state index in [9.17, 15) is 0 Å². The molecule has 20 heavy (non-hydrogen) atoms. The van der Waals surface area contributed by atoms with Crippen LogP contribution < -0.4 is 11.3 Å². The Morgan fingerprint density at radius 1 is 1.15 bits per heavy atom. The van der Waals surface area contributed by atoms with E-state index in [1.54, 1.807) is 23.1 Å². The molecule has 0 aliphatic rings. The van der Waals surface area contributed by atoms with E-state index in [4.69, 9.17) is 17.4 Å². The van der Waals surface area contributed by atoms with Gasteiger partial charge in [-0.05, 0) is 0 Å². The van der Waals surface area contributed by atoms with Gasteiger partial charge in [0.05, 0.1) is 17.4 Å². The molecule has 2 aromatic heterocycles. The van der Waals surface area contributed by atoms with Gasteiger partial charge >= 0.3 is 0 Å². The normalized spacial score (nSPS) is 10.5. The summed E-state index contributed by atoms with van der Waals surface area (Å²) in [6.07, 6.45) is 3.21. The van der Waals surface area contributed by atoms with Crippen LogP contribution in [0.3, 0.4) is 0 Å². The van der Waals surface area contributed by atoms with Gasteiger partial charge in [0.1, 0.15) is 5.82 Å². The molecule has 0 radical (unpaired) electrons. The zero-order chi connectivity index (χ0) is 13.9. The van der Waals surface area contributed by atoms with Crippen LogP contribution in [0.1, 0.15) is 0 Å². The van der Waals surface area contributed by atoms with Gasteiger partial charge in [-0.1, -0.05) is 41.9 Å². The number of halogens is 1. The van der Waals surface area contributed by atoms with E-state index in [0.29, 0.717) is 22.5 Å². The molecular weight excluding hydrogens is 276 g/mol. The number of rotatable bonds is 3. The molecule has 0 unspecified atom stereocenters. The van der Waals surface area contributed by atoms with Crippen molar-refractivity contribution in [3.63, 3.8) is 0 Å². The maximum Gasteiger partial charge on any atom is 0.164 e. The van der Waals surface area contributed by atoms with Crippen LogP contribution in [0.5, 0.6) is 0 Å². The largest absolute Gasteiger partial charge is 0.308 e. The van der Waals surface area contributed by atoms with Crippen molar-refractivity contribution in [2.45, 2.75) is 0 Å². The van der Waals surface area contributed by atoms with Crippen LogP contribution in [0, 0.1) is 0 Å². The van der Waals surface area contributed by atoms with Gasteiger partial charge in [-0.3, -0.25) is 0 Å². The zero-order valence-electron chi connectivity index (χ0n) is 10.4. The van der Waals surface area contributed by atoms with Gasteiger partial charge in [0.15, 0.2) is 11.6 Å². The predicted octanol–water partition coefficient (Wildman–Crippen LogP) is 2.27. The Kier molecular flexibility index (Phi) is 3.32. The van der Waals surface area contributed by atoms with Crippen LogP contribution in [0.4, 0.5) is 5.82 Å². The lowest BCUT2D eigenvalue weighted by Gasteiger charge is -2.07. The number of aromatic nitrogens is 4. The van der Waals surface area contributed by atoms with Gasteiger partial charge in [0.2, 0.25) is 0 Å². The minimum absolute atomic E-state index is 0.500. The number of hydrogen-bond donors (Lipinski definition) is 2. The van der Waals surface area contributed by atoms with Crippen LogP contribution in [-0.4, -0.2) is 19.7 Å². The molecule has 7 heteroatoms. The fourth-order valence-electron chi connectivity index (χ4n) is 1.77. The lowest BCUT2D eigenvalue weighted by atomic mass is 10.2. The molecule has 0 aliphatic heterocycles. The third-order valence-electron chi connectivity index (χ3n) is 2.68. The Morgan fingerprint density at radius 3 is 2.60 bits per heavy atom. The number of anilines is 1. The SMILES string of the molecule is NNc1cc(-n2cc(Cl)cn2)nc(-c2ccccc2)n1. The summed E-state index contributed by atoms with van der Waals surface area (Å²) in [6.45, 7) is 0. The lowest BCUT2D eigenvalue weighted by Crippen LogP contribution is -2.11. The van der Waals surface area contributed by atoms with Crippen LogP contribution >= 0.6 is 11.6 Å². The molecule has 3 aromatic rings. The summed E-state index contributed by atoms with van der Waals surface area (Å²) in [5, 5.41) is 4.66. The first-order valence-corrected chi connectivity index (χ1v) is 6.26. The van der Waals surface area contributed by atoms with Gasteiger partial charge in [-0.15, -0.1) is 0 Å². The van der Waals surface area contributed by atoms with Crippen LogP contribution in [-0.2, 0) is 0 Å². The molecule has 1 aromatic carbocycles. The molecule has 2 heterocycles. The molecule has 100 valence electrons. The van der Waals surface area contributed by atoms with Gasteiger partial charge in [-0.2, -0.15) is 5.10 Å². The summed E-state index contributed by atoms with van der Waals surface area (Å²) in [5.41, 5.74) is 3.42. The average molecular weight is 287 g/mol. The fourth-order valence-corrected chi connectivity index (χ4v) is 1.90. The number of hydrogen-bond acceptors (Lipinski definition) is 5. The molecule has 0 spiro atoms. The van der Waals surface area contributed by atoms with Crippen LogP contribution in [0.2, 0.25) is 5.02 Å². The van der Waals surface area contributed by atoms with Crippen molar-refractivity contribution in [3.05, 3.63) is 53.8 Å². The molecule has 0 saturated carbocycles. The van der Waals surface area contributed by atoms with E-state index in [0.717, 1.165) is 5.56 Å². The summed E-state index contributed by atoms with van der Waals surface area (Å²) in [4.78, 5) is 8.80. The molecular formula is C13H11ClN6. The third-order valence-corrected chi connectivity index (χ3v) is 2.87. The van der Waals surface area contributed by atoms with Crippen molar-refractivity contribution in [2.24, 2.45) is 5.84 Å². The Bertz CT molecular complexity index is 725. The van der Waals surface area contributed by atoms with Crippen LogP contribution in [0.25, 0.3) is 17.2 Å². The molecule has 0 atom stereocenters. The Hall–Kier alpha value is -2.44. The first-order valence-electron chi connectivity index (χ1n) is 5.88. The Balaban J connectivity index is 2.12. The highest BCUT2D eigenvalue weighted by Gasteiger charge is 2.08. The first kappa shape index (κ1) is 12.6. The highest BCUT2D eigenvalue weighted by atomic mass is 35.5. The molecule has 0 bridgehead atoms. The maximum absolute atomic E-state index is 5.87. The topological polar surface area (TPSA) is 81.6 Å². The van der Waals surface area contributed by atoms with Crippen molar-refractivity contribution in [1.29, 1.82) is 0 Å². The average Bonchev–Trinajstić information content (AvgIpc) is 2.94. The maximum atomic E-state index is 5.87. The first-order chi connectivity index (χ1) is 9.76. The van der Waals surface area contributed by atoms with Crippen molar-refractivity contribution < 1.29 is 0 Å². The van der Waals surface area contributed by atoms with E-state index in [2.05, 4.69) is 20.5 Å². The molecule has 3 N–H and O–H groups in total. The summed E-state index contributed by atoms with van der Waals surface area (Å²) in [6, 6.07) is 11.3. The Morgan fingerprint density at radius 2 is 1.95 bits per heavy atom. The second-order valence-corrected chi connectivity index (χ2v) is 4.48. The van der Waals surface area contributed by atoms with Crippen LogP contribution in [0.15, 0.2) is 48.8 Å². The van der Waals surface area contributed by atoms with Gasteiger partial charge in [0.25, 0.3) is 0 Å². The van der Waals surface area contributed by atoms with Crippen molar-refractivity contribution in [3.8, 4) is 17.2 Å². The second-order valence-electron chi connectivity index (χ2n) is 4.05. The van der Waals surface area contributed by atoms with Crippen molar-refractivity contribution in [1.82, 2.24) is 19.7 Å². The molecule has 0 aliphatic carbocycles. The number of nitrogen functional groups attached to an aromatic ring is 1. The number of hydrazine groups is 1. The van der Waals surface area contributed by atoms with Gasteiger partial charge < -0.3 is 5.43 Å². The molecule has 0 fully saturated rings. The minimum atomic E-state index is 0.500. The standard InChI is InChI=1S/C13H11ClN6/c14-10-7-16-20(8-10)12-6-11(19-15)17-13(18-12)9-4-2-1-3-5-9/h1-8H,15H2,(H,17,18,19). The summed E-state index contributed by atoms with van der Waals surface area (Å²) >= 11 is 5.87. The highest BCUT2D eigenvalue weighted by molar-refractivity contribution is 6.30. The highest BCUT2D eigenvalue weighted by Crippen LogP contribution is 2.19. The summed E-state index contributed by atoms with van der Waals surface area (Å²) in [5.74, 6) is 7.09. The fraction of sp³-hybridized carbons (Fsp3) is 0. The molecule has 0 saturated heterocycles. The van der Waals surface area contributed by atoms with Gasteiger partial charge in [-0.25, -0.2) is 20.5 Å². The predicted molar refractivity (Wildman–Crippen MR) is 77.4 cm³/mol. The quantitative estimate of drug-likeness (QED) is 0.570. The number of nitrogens with zero attached hydrogens (tertiary/aromatic N) is 4. The van der Waals surface area contributed by atoms with E-state index in [-0.39, 0.29) is 0 Å². The smallest absolute Gasteiger partial charge is 0.164 e. The van der Waals surface area contributed by atoms with E-state index < -0.39 is 0 Å². The van der Waals surface area contributed by atoms with Crippen molar-refractivity contribution >= 4 is 17.4 Å². The van der Waals surface area contributed by atoms with E-state index in [1.807, 2.05) is 30.3 Å². The zero-order valence-corrected chi connectivity index (χ0v) is 11.1. The molecule has 6 nitrogen and oxygen atoms in total. The molecule has 3 rings (SSSR count). The number of benzene rings is 1. The van der Waals surface area contributed by atoms with E-state index >= 15 is 0 Å². The molecule has 0 amide bonds. The van der Waals surface area contributed by atoms with E-state index in [1.165, 1.54) is 0 Å². The van der Waals surface area contributed by atoms with Crippen molar-refractivity contribution in [2.75, 3.05) is 5.43 Å². The number of nitrogens with two attached hydrogens (primary N) is 1.